The Kier molecular flexibility index (Phi) is 3.32. The lowest BCUT2D eigenvalue weighted by Crippen LogP contribution is -2.16. The van der Waals surface area contributed by atoms with Crippen LogP contribution in [0.25, 0.3) is 0 Å². The van der Waals surface area contributed by atoms with E-state index in [0.29, 0.717) is 5.78 Å². The third-order valence-corrected chi connectivity index (χ3v) is 3.17. The summed E-state index contributed by atoms with van der Waals surface area (Å²) in [6, 6.07) is 0. The van der Waals surface area contributed by atoms with Gasteiger partial charge >= 0.3 is 0 Å². The second-order valence-electron chi connectivity index (χ2n) is 4.81. The molecule has 72 valence electrons. The molecular weight excluding hydrogens is 176 g/mol. The molecule has 0 bridgehead atoms. The maximum atomic E-state index is 11.3. The van der Waals surface area contributed by atoms with Crippen molar-refractivity contribution in [3.63, 3.8) is 0 Å². The fraction of sp³-hybridized carbons (Fsp3) is 0.727. The smallest absolute Gasteiger partial charge is 0.136 e. The van der Waals surface area contributed by atoms with Gasteiger partial charge in [0.15, 0.2) is 0 Å². The Hall–Kier alpha value is -0.553. The first kappa shape index (κ1) is 10.5. The van der Waals surface area contributed by atoms with Crippen LogP contribution in [0.4, 0.5) is 0 Å². The Morgan fingerprint density at radius 2 is 2.15 bits per heavy atom. The van der Waals surface area contributed by atoms with Crippen molar-refractivity contribution in [3.05, 3.63) is 0 Å². The minimum Gasteiger partial charge on any atom is -0.299 e. The van der Waals surface area contributed by atoms with Crippen molar-refractivity contribution in [2.75, 3.05) is 0 Å². The molecule has 2 heteroatoms. The predicted octanol–water partition coefficient (Wildman–Crippen LogP) is 2.63. The molecule has 0 aromatic rings. The van der Waals surface area contributed by atoms with Crippen LogP contribution in [0.2, 0.25) is 19.6 Å². The molecule has 0 saturated heterocycles. The Labute approximate surface area is 81.9 Å². The van der Waals surface area contributed by atoms with Gasteiger partial charge in [0.1, 0.15) is 13.9 Å². The number of rotatable bonds is 1. The quantitative estimate of drug-likeness (QED) is 0.463. The summed E-state index contributed by atoms with van der Waals surface area (Å²) in [6.45, 7) is 6.70. The molecule has 1 aliphatic carbocycles. The minimum absolute atomic E-state index is 0.267. The maximum absolute atomic E-state index is 11.3. The van der Waals surface area contributed by atoms with E-state index in [9.17, 15) is 4.79 Å². The van der Waals surface area contributed by atoms with Crippen LogP contribution < -0.4 is 0 Å². The van der Waals surface area contributed by atoms with Crippen LogP contribution in [-0.2, 0) is 4.79 Å². The van der Waals surface area contributed by atoms with Gasteiger partial charge in [-0.25, -0.2) is 0 Å². The summed E-state index contributed by atoms with van der Waals surface area (Å²) in [5, 5.41) is 0. The van der Waals surface area contributed by atoms with Crippen LogP contribution in [0, 0.1) is 17.4 Å². The highest BCUT2D eigenvalue weighted by Crippen LogP contribution is 2.23. The Bertz CT molecular complexity index is 251. The highest BCUT2D eigenvalue weighted by Gasteiger charge is 2.23. The molecule has 1 aliphatic rings. The lowest BCUT2D eigenvalue weighted by molar-refractivity contribution is -0.120. The molecule has 0 amide bonds. The average Bonchev–Trinajstić information content (AvgIpc) is 2.34. The van der Waals surface area contributed by atoms with E-state index in [0.717, 1.165) is 25.7 Å². The predicted molar refractivity (Wildman–Crippen MR) is 58.1 cm³/mol. The zero-order valence-corrected chi connectivity index (χ0v) is 9.81. The molecular formula is C11H18OSi. The van der Waals surface area contributed by atoms with Gasteiger partial charge in [0.05, 0.1) is 0 Å². The van der Waals surface area contributed by atoms with E-state index in [1.165, 1.54) is 0 Å². The first-order valence-corrected chi connectivity index (χ1v) is 8.52. The van der Waals surface area contributed by atoms with Crippen molar-refractivity contribution in [2.45, 2.75) is 45.3 Å². The lowest BCUT2D eigenvalue weighted by Gasteiger charge is -2.05. The second-order valence-corrected chi connectivity index (χ2v) is 9.56. The molecule has 0 spiro atoms. The second kappa shape index (κ2) is 4.10. The molecule has 1 unspecified atom stereocenters. The van der Waals surface area contributed by atoms with Crippen LogP contribution in [0.1, 0.15) is 25.7 Å². The summed E-state index contributed by atoms with van der Waals surface area (Å²) >= 11 is 0. The highest BCUT2D eigenvalue weighted by molar-refractivity contribution is 6.83. The van der Waals surface area contributed by atoms with Crippen LogP contribution in [0.15, 0.2) is 0 Å². The van der Waals surface area contributed by atoms with Crippen LogP contribution in [0.5, 0.6) is 0 Å². The number of carbonyl (C=O) groups excluding carboxylic acids is 1. The average molecular weight is 194 g/mol. The summed E-state index contributed by atoms with van der Waals surface area (Å²) in [5.74, 6) is 3.89. The monoisotopic (exact) mass is 194 g/mol. The fourth-order valence-corrected chi connectivity index (χ4v) is 2.18. The molecule has 0 aromatic heterocycles. The van der Waals surface area contributed by atoms with Gasteiger partial charge < -0.3 is 0 Å². The van der Waals surface area contributed by atoms with E-state index in [1.54, 1.807) is 0 Å². The molecule has 0 radical (unpaired) electrons. The third kappa shape index (κ3) is 3.78. The van der Waals surface area contributed by atoms with Gasteiger partial charge in [-0.1, -0.05) is 19.6 Å². The number of hydrogen-bond donors (Lipinski definition) is 0. The lowest BCUT2D eigenvalue weighted by atomic mass is 10.0. The van der Waals surface area contributed by atoms with E-state index < -0.39 is 8.07 Å². The van der Waals surface area contributed by atoms with Gasteiger partial charge in [0, 0.05) is 18.8 Å². The third-order valence-electron chi connectivity index (χ3n) is 2.24. The molecule has 1 saturated carbocycles. The Morgan fingerprint density at radius 3 is 2.62 bits per heavy atom. The molecule has 1 atom stereocenters. The van der Waals surface area contributed by atoms with E-state index in [2.05, 4.69) is 31.1 Å². The van der Waals surface area contributed by atoms with E-state index in [-0.39, 0.29) is 5.92 Å². The minimum atomic E-state index is -1.22. The van der Waals surface area contributed by atoms with Gasteiger partial charge in [-0.3, -0.25) is 4.79 Å². The molecule has 0 heterocycles. The molecule has 0 N–H and O–H groups in total. The van der Waals surface area contributed by atoms with Crippen LogP contribution >= 0.6 is 0 Å². The van der Waals surface area contributed by atoms with Crippen molar-refractivity contribution in [1.29, 1.82) is 0 Å². The van der Waals surface area contributed by atoms with Crippen molar-refractivity contribution in [1.82, 2.24) is 0 Å². The SMILES string of the molecule is C[Si](C)(C)C#CCC1CCCC1=O. The first-order valence-electron chi connectivity index (χ1n) is 5.02. The first-order chi connectivity index (χ1) is 5.99. The Morgan fingerprint density at radius 1 is 1.46 bits per heavy atom. The standard InChI is InChI=1S/C11H18OSi/c1-13(2,3)9-5-7-10-6-4-8-11(10)12/h10H,4,6-8H2,1-3H3. The van der Waals surface area contributed by atoms with E-state index in [1.807, 2.05) is 0 Å². The van der Waals surface area contributed by atoms with E-state index >= 15 is 0 Å². The number of carbonyl (C=O) groups is 1. The van der Waals surface area contributed by atoms with Crippen molar-refractivity contribution in [2.24, 2.45) is 5.92 Å². The summed E-state index contributed by atoms with van der Waals surface area (Å²) < 4.78 is 0. The molecule has 0 aromatic carbocycles. The van der Waals surface area contributed by atoms with Crippen molar-refractivity contribution < 1.29 is 4.79 Å². The molecule has 13 heavy (non-hydrogen) atoms. The van der Waals surface area contributed by atoms with Gasteiger partial charge in [-0.2, -0.15) is 0 Å². The van der Waals surface area contributed by atoms with Gasteiger partial charge in [0.2, 0.25) is 0 Å². The zero-order valence-electron chi connectivity index (χ0n) is 8.81. The summed E-state index contributed by atoms with van der Waals surface area (Å²) in [5.41, 5.74) is 3.31. The largest absolute Gasteiger partial charge is 0.299 e. The topological polar surface area (TPSA) is 17.1 Å². The van der Waals surface area contributed by atoms with Gasteiger partial charge in [-0.15, -0.1) is 11.5 Å². The normalized spacial score (nSPS) is 22.7. The summed E-state index contributed by atoms with van der Waals surface area (Å²) in [4.78, 5) is 11.3. The maximum Gasteiger partial charge on any atom is 0.136 e. The van der Waals surface area contributed by atoms with Gasteiger partial charge in [-0.05, 0) is 12.8 Å². The number of Topliss-reactive ketones (excluding diaryl/α,β-unsaturated/α-hetero) is 1. The fourth-order valence-electron chi connectivity index (χ4n) is 1.54. The van der Waals surface area contributed by atoms with Crippen LogP contribution in [-0.4, -0.2) is 13.9 Å². The van der Waals surface area contributed by atoms with Crippen molar-refractivity contribution >= 4 is 13.9 Å². The molecule has 0 aliphatic heterocycles. The number of hydrogen-bond acceptors (Lipinski definition) is 1. The summed E-state index contributed by atoms with van der Waals surface area (Å²) in [6.07, 6.45) is 3.75. The molecule has 1 fully saturated rings. The Balaban J connectivity index is 2.40. The molecule has 1 rings (SSSR count). The van der Waals surface area contributed by atoms with Gasteiger partial charge in [0.25, 0.3) is 0 Å². The summed E-state index contributed by atoms with van der Waals surface area (Å²) in [7, 11) is -1.22. The molecule has 1 nitrogen and oxygen atoms in total. The highest BCUT2D eigenvalue weighted by atomic mass is 28.3. The van der Waals surface area contributed by atoms with Crippen LogP contribution in [0.3, 0.4) is 0 Å². The van der Waals surface area contributed by atoms with E-state index in [4.69, 9.17) is 0 Å². The van der Waals surface area contributed by atoms with Crippen molar-refractivity contribution in [3.8, 4) is 11.5 Å². The number of ketones is 1. The zero-order chi connectivity index (χ0) is 9.90.